The fourth-order valence-corrected chi connectivity index (χ4v) is 4.37. The molecule has 2 aromatic rings. The summed E-state index contributed by atoms with van der Waals surface area (Å²) in [4.78, 5) is 13.3. The number of benzene rings is 2. The first-order chi connectivity index (χ1) is 14.5. The Hall–Kier alpha value is -1.34. The Bertz CT molecular complexity index is 900. The minimum atomic E-state index is -0.455. The maximum atomic E-state index is 13.3. The van der Waals surface area contributed by atoms with Crippen molar-refractivity contribution in [1.29, 1.82) is 0 Å². The molecule has 0 saturated heterocycles. The van der Waals surface area contributed by atoms with Crippen molar-refractivity contribution < 1.29 is 42.6 Å². The molecule has 0 aliphatic rings. The molecule has 0 aliphatic heterocycles. The van der Waals surface area contributed by atoms with Crippen molar-refractivity contribution in [2.24, 2.45) is 0 Å². The number of methoxy groups -OCH3 is 2. The Kier molecular flexibility index (Phi) is 10.9. The zero-order chi connectivity index (χ0) is 23.3. The molecule has 32 heavy (non-hydrogen) atoms. The zero-order valence-corrected chi connectivity index (χ0v) is 22.1. The van der Waals surface area contributed by atoms with E-state index in [9.17, 15) is 4.79 Å². The molecule has 0 aromatic heterocycles. The van der Waals surface area contributed by atoms with E-state index < -0.39 is 12.6 Å². The van der Waals surface area contributed by atoms with Gasteiger partial charge in [-0.05, 0) is 70.5 Å². The number of aryl methyl sites for hydroxylation is 2. The molecule has 0 bridgehead atoms. The Morgan fingerprint density at radius 1 is 0.906 bits per heavy atom. The van der Waals surface area contributed by atoms with Gasteiger partial charge in [-0.2, -0.15) is 0 Å². The van der Waals surface area contributed by atoms with Crippen molar-refractivity contribution in [1.82, 2.24) is 0 Å². The van der Waals surface area contributed by atoms with Crippen LogP contribution in [-0.2, 0) is 14.9 Å². The van der Waals surface area contributed by atoms with Crippen LogP contribution in [-0.4, -0.2) is 32.3 Å². The molecular formula is C25H35LiO5P+. The van der Waals surface area contributed by atoms with Crippen molar-refractivity contribution >= 4 is 19.4 Å². The summed E-state index contributed by atoms with van der Waals surface area (Å²) in [5, 5.41) is 0.810. The first kappa shape index (κ1) is 28.7. The average molecular weight is 453 g/mol. The first-order valence-corrected chi connectivity index (χ1v) is 11.4. The maximum absolute atomic E-state index is 13.3. The van der Waals surface area contributed by atoms with Gasteiger partial charge in [0.1, 0.15) is 11.5 Å². The molecule has 0 spiro atoms. The van der Waals surface area contributed by atoms with Gasteiger partial charge in [-0.25, -0.2) is 0 Å². The normalized spacial score (nSPS) is 13.5. The van der Waals surface area contributed by atoms with Crippen LogP contribution in [0.2, 0.25) is 0 Å². The third kappa shape index (κ3) is 7.61. The van der Waals surface area contributed by atoms with Crippen LogP contribution >= 0.6 is 8.58 Å². The molecule has 170 valence electrons. The molecule has 0 N–H and O–H groups in total. The summed E-state index contributed by atoms with van der Waals surface area (Å²) < 4.78 is 22.1. The number of carbonyl (C=O) groups is 1. The summed E-state index contributed by atoms with van der Waals surface area (Å²) in [7, 11) is 3.08. The van der Waals surface area contributed by atoms with E-state index in [1.165, 1.54) is 5.56 Å². The summed E-state index contributed by atoms with van der Waals surface area (Å²) in [6.07, 6.45) is -0.849. The van der Waals surface area contributed by atoms with E-state index in [0.717, 1.165) is 22.0 Å². The molecule has 0 fully saturated rings. The van der Waals surface area contributed by atoms with E-state index in [-0.39, 0.29) is 38.4 Å². The first-order valence-electron chi connectivity index (χ1n) is 10.4. The van der Waals surface area contributed by atoms with Crippen LogP contribution < -0.4 is 33.6 Å². The summed E-state index contributed by atoms with van der Waals surface area (Å²) >= 11 is 0. The van der Waals surface area contributed by atoms with Crippen LogP contribution in [0, 0.1) is 13.8 Å². The second kappa shape index (κ2) is 12.2. The summed E-state index contributed by atoms with van der Waals surface area (Å²) in [5.41, 5.74) is 4.14. The number of rotatable bonds is 9. The molecule has 5 nitrogen and oxygen atoms in total. The van der Waals surface area contributed by atoms with Gasteiger partial charge in [0.2, 0.25) is 0 Å². The van der Waals surface area contributed by atoms with Crippen molar-refractivity contribution in [3.8, 4) is 11.5 Å². The van der Waals surface area contributed by atoms with Gasteiger partial charge in [-0.1, -0.05) is 32.9 Å². The van der Waals surface area contributed by atoms with Gasteiger partial charge in [0.25, 0.3) is 0 Å². The van der Waals surface area contributed by atoms with Gasteiger partial charge in [0.05, 0.1) is 0 Å². The molecule has 0 radical (unpaired) electrons. The van der Waals surface area contributed by atoms with E-state index in [1.807, 2.05) is 32.9 Å². The second-order valence-corrected chi connectivity index (χ2v) is 9.93. The van der Waals surface area contributed by atoms with Crippen LogP contribution in [0.5, 0.6) is 11.5 Å². The molecule has 3 atom stereocenters. The Balaban J connectivity index is 0.00000512. The minimum Gasteiger partial charge on any atom is -0.465 e. The van der Waals surface area contributed by atoms with Crippen LogP contribution in [0.4, 0.5) is 0 Å². The van der Waals surface area contributed by atoms with Crippen molar-refractivity contribution in [3.05, 3.63) is 52.6 Å². The van der Waals surface area contributed by atoms with Crippen LogP contribution in [0.3, 0.4) is 0 Å². The van der Waals surface area contributed by atoms with Gasteiger partial charge in [0.15, 0.2) is 18.1 Å². The van der Waals surface area contributed by atoms with Crippen molar-refractivity contribution in [3.63, 3.8) is 0 Å². The van der Waals surface area contributed by atoms with Gasteiger partial charge in [-0.3, -0.25) is 4.79 Å². The minimum absolute atomic E-state index is 0. The Morgan fingerprint density at radius 3 is 1.94 bits per heavy atom. The molecule has 0 saturated carbocycles. The number of carbonyl (C=O) groups excluding carboxylic acids is 1. The molecule has 2 rings (SSSR count). The summed E-state index contributed by atoms with van der Waals surface area (Å²) in [5.74, 6) is 1.18. The predicted octanol–water partition coefficient (Wildman–Crippen LogP) is 2.49. The van der Waals surface area contributed by atoms with Gasteiger partial charge in [-0.15, -0.1) is 0 Å². The molecule has 0 heterocycles. The molecule has 3 unspecified atom stereocenters. The monoisotopic (exact) mass is 453 g/mol. The molecule has 7 heteroatoms. The van der Waals surface area contributed by atoms with E-state index in [2.05, 4.69) is 32.9 Å². The summed E-state index contributed by atoms with van der Waals surface area (Å²) in [6, 6.07) is 9.73. The molecule has 2 aromatic carbocycles. The smallest absolute Gasteiger partial charge is 0.465 e. The second-order valence-electron chi connectivity index (χ2n) is 8.69. The van der Waals surface area contributed by atoms with E-state index in [1.54, 1.807) is 27.2 Å². The van der Waals surface area contributed by atoms with E-state index in [0.29, 0.717) is 11.5 Å². The zero-order valence-electron chi connectivity index (χ0n) is 21.1. The quantitative estimate of drug-likeness (QED) is 0.332. The standard InChI is InChI=1S/C25H35O5P.Li/c1-15-12-19(25(5,6)7)13-16(2)23(15)24(26)31-22-11-10-20(29-17(3)27-8)14-21(22)30-18(4)28-9;/h10-14,17-18,31H,1-9H3;/q;+1. The third-order valence-corrected chi connectivity index (χ3v) is 6.25. The van der Waals surface area contributed by atoms with Gasteiger partial charge >= 0.3 is 18.9 Å². The fourth-order valence-electron chi connectivity index (χ4n) is 3.18. The van der Waals surface area contributed by atoms with Crippen molar-refractivity contribution in [2.75, 3.05) is 14.2 Å². The van der Waals surface area contributed by atoms with Crippen LogP contribution in [0.1, 0.15) is 61.7 Å². The SMILES string of the molecule is COC(C)Oc1ccc(PC(=O)c2c(C)cc(C(C)(C)C)cc2C)c(OC(C)OC)c1.[Li+]. The largest absolute Gasteiger partial charge is 1.00 e. The third-order valence-electron chi connectivity index (χ3n) is 5.09. The number of hydrogen-bond acceptors (Lipinski definition) is 5. The predicted molar refractivity (Wildman–Crippen MR) is 128 cm³/mol. The van der Waals surface area contributed by atoms with Gasteiger partial charge < -0.3 is 18.9 Å². The molecule has 0 aliphatic carbocycles. The Labute approximate surface area is 206 Å². The van der Waals surface area contributed by atoms with Crippen LogP contribution in [0.15, 0.2) is 30.3 Å². The average Bonchev–Trinajstić information content (AvgIpc) is 2.68. The van der Waals surface area contributed by atoms with Gasteiger partial charge in [0, 0.05) is 31.2 Å². The van der Waals surface area contributed by atoms with E-state index >= 15 is 0 Å². The molecule has 0 amide bonds. The van der Waals surface area contributed by atoms with Crippen molar-refractivity contribution in [2.45, 2.75) is 66.5 Å². The topological polar surface area (TPSA) is 54.0 Å². The maximum Gasteiger partial charge on any atom is 1.00 e. The number of ether oxygens (including phenoxy) is 4. The molecular weight excluding hydrogens is 418 g/mol. The van der Waals surface area contributed by atoms with E-state index in [4.69, 9.17) is 18.9 Å². The number of hydrogen-bond donors (Lipinski definition) is 0. The summed E-state index contributed by atoms with van der Waals surface area (Å²) in [6.45, 7) is 14.2. The Morgan fingerprint density at radius 2 is 1.44 bits per heavy atom. The fraction of sp³-hybridized carbons (Fsp3) is 0.480. The van der Waals surface area contributed by atoms with Crippen LogP contribution in [0.25, 0.3) is 0 Å².